The Balaban J connectivity index is 1.33. The first kappa shape index (κ1) is 20.9. The van der Waals surface area contributed by atoms with Gasteiger partial charge in [-0.2, -0.15) is 0 Å². The van der Waals surface area contributed by atoms with Gasteiger partial charge >= 0.3 is 6.09 Å². The van der Waals surface area contributed by atoms with E-state index in [9.17, 15) is 14.9 Å². The van der Waals surface area contributed by atoms with Gasteiger partial charge in [-0.05, 0) is 37.0 Å². The van der Waals surface area contributed by atoms with E-state index in [0.717, 1.165) is 48.6 Å². The largest absolute Gasteiger partial charge is 0.449 e. The van der Waals surface area contributed by atoms with Crippen LogP contribution < -0.4 is 4.90 Å². The molecule has 0 saturated carbocycles. The third-order valence-corrected chi connectivity index (χ3v) is 5.28. The number of nitrogens with zero attached hydrogens (tertiary/aromatic N) is 3. The monoisotopic (exact) mass is 417 g/mol. The summed E-state index contributed by atoms with van der Waals surface area (Å²) in [6.45, 7) is 3.02. The van der Waals surface area contributed by atoms with Crippen molar-refractivity contribution >= 4 is 29.1 Å². The molecule has 2 aromatic carbocycles. The highest BCUT2D eigenvalue weighted by molar-refractivity contribution is 6.33. The molecule has 0 spiro atoms. The lowest BCUT2D eigenvalue weighted by Crippen LogP contribution is -2.49. The van der Waals surface area contributed by atoms with Gasteiger partial charge in [0.05, 0.1) is 22.2 Å². The fourth-order valence-corrected chi connectivity index (χ4v) is 3.56. The van der Waals surface area contributed by atoms with Crippen LogP contribution in [0.3, 0.4) is 0 Å². The van der Waals surface area contributed by atoms with Gasteiger partial charge in [0, 0.05) is 38.3 Å². The van der Waals surface area contributed by atoms with E-state index in [-0.39, 0.29) is 11.8 Å². The summed E-state index contributed by atoms with van der Waals surface area (Å²) in [5.41, 5.74) is 2.13. The van der Waals surface area contributed by atoms with Gasteiger partial charge in [0.25, 0.3) is 5.69 Å². The number of non-ortho nitro benzene ring substituents is 1. The number of piperazine rings is 1. The van der Waals surface area contributed by atoms with Crippen LogP contribution in [0.1, 0.15) is 18.4 Å². The van der Waals surface area contributed by atoms with E-state index in [1.807, 2.05) is 24.3 Å². The first-order chi connectivity index (χ1) is 14.0. The van der Waals surface area contributed by atoms with Crippen LogP contribution >= 0.6 is 11.6 Å². The average Bonchev–Trinajstić information content (AvgIpc) is 2.74. The molecule has 1 heterocycles. The predicted molar refractivity (Wildman–Crippen MR) is 113 cm³/mol. The molecule has 0 atom stereocenters. The Bertz CT molecular complexity index is 836. The number of para-hydroxylation sites is 1. The molecule has 3 rings (SSSR count). The molecule has 1 amide bonds. The highest BCUT2D eigenvalue weighted by Gasteiger charge is 2.23. The number of ether oxygens (including phenoxy) is 1. The lowest BCUT2D eigenvalue weighted by Gasteiger charge is -2.35. The normalized spacial score (nSPS) is 14.0. The molecule has 0 N–H and O–H groups in total. The minimum Gasteiger partial charge on any atom is -0.449 e. The minimum atomic E-state index is -0.405. The zero-order valence-electron chi connectivity index (χ0n) is 16.1. The van der Waals surface area contributed by atoms with E-state index in [1.54, 1.807) is 17.0 Å². The highest BCUT2D eigenvalue weighted by Crippen LogP contribution is 2.26. The van der Waals surface area contributed by atoms with Crippen LogP contribution in [0.4, 0.5) is 16.2 Å². The molecule has 1 saturated heterocycles. The van der Waals surface area contributed by atoms with Crippen molar-refractivity contribution in [3.05, 3.63) is 69.2 Å². The maximum atomic E-state index is 12.2. The second-order valence-electron chi connectivity index (χ2n) is 6.92. The number of carbonyl (C=O) groups is 1. The topological polar surface area (TPSA) is 75.9 Å². The van der Waals surface area contributed by atoms with Gasteiger partial charge in [-0.3, -0.25) is 10.1 Å². The van der Waals surface area contributed by atoms with Crippen molar-refractivity contribution in [3.63, 3.8) is 0 Å². The van der Waals surface area contributed by atoms with E-state index in [0.29, 0.717) is 19.7 Å². The smallest absolute Gasteiger partial charge is 0.409 e. The number of anilines is 1. The van der Waals surface area contributed by atoms with Gasteiger partial charge in [-0.15, -0.1) is 0 Å². The standard InChI is InChI=1S/C21H24ClN3O4/c22-19-6-1-2-7-20(19)23-12-14-24(15-13-23)21(26)29-16-4-3-5-17-8-10-18(11-9-17)25(27)28/h1-2,6-11H,3-5,12-16H2. The predicted octanol–water partition coefficient (Wildman–Crippen LogP) is 4.53. The summed E-state index contributed by atoms with van der Waals surface area (Å²) in [5.74, 6) is 0. The molecule has 0 aliphatic carbocycles. The van der Waals surface area contributed by atoms with E-state index >= 15 is 0 Å². The number of unbranched alkanes of at least 4 members (excludes halogenated alkanes) is 1. The van der Waals surface area contributed by atoms with E-state index < -0.39 is 4.92 Å². The SMILES string of the molecule is O=C(OCCCCc1ccc([N+](=O)[O-])cc1)N1CCN(c2ccccc2Cl)CC1. The summed E-state index contributed by atoms with van der Waals surface area (Å²) in [6, 6.07) is 14.3. The minimum absolute atomic E-state index is 0.0947. The first-order valence-corrected chi connectivity index (χ1v) is 10.1. The Morgan fingerprint density at radius 2 is 1.72 bits per heavy atom. The Morgan fingerprint density at radius 1 is 1.03 bits per heavy atom. The van der Waals surface area contributed by atoms with Gasteiger partial charge in [-0.1, -0.05) is 35.9 Å². The Labute approximate surface area is 175 Å². The fraction of sp³-hybridized carbons (Fsp3) is 0.381. The van der Waals surface area contributed by atoms with Crippen molar-refractivity contribution < 1.29 is 14.5 Å². The summed E-state index contributed by atoms with van der Waals surface area (Å²) in [7, 11) is 0. The molecule has 0 radical (unpaired) electrons. The molecule has 2 aromatic rings. The van der Waals surface area contributed by atoms with Crippen molar-refractivity contribution in [3.8, 4) is 0 Å². The maximum Gasteiger partial charge on any atom is 0.409 e. The molecule has 154 valence electrons. The highest BCUT2D eigenvalue weighted by atomic mass is 35.5. The van der Waals surface area contributed by atoms with Gasteiger partial charge in [0.2, 0.25) is 0 Å². The third-order valence-electron chi connectivity index (χ3n) is 4.96. The zero-order valence-corrected chi connectivity index (χ0v) is 16.9. The lowest BCUT2D eigenvalue weighted by molar-refractivity contribution is -0.384. The van der Waals surface area contributed by atoms with Crippen LogP contribution in [0.5, 0.6) is 0 Å². The molecule has 8 heteroatoms. The number of nitro benzene ring substituents is 1. The number of hydrogen-bond acceptors (Lipinski definition) is 5. The van der Waals surface area contributed by atoms with Crippen molar-refractivity contribution in [2.45, 2.75) is 19.3 Å². The lowest BCUT2D eigenvalue weighted by atomic mass is 10.1. The van der Waals surface area contributed by atoms with Gasteiger partial charge in [0.1, 0.15) is 0 Å². The Kier molecular flexibility index (Phi) is 7.30. The molecule has 1 aliphatic heterocycles. The molecule has 0 unspecified atom stereocenters. The Morgan fingerprint density at radius 3 is 2.38 bits per heavy atom. The molecular weight excluding hydrogens is 394 g/mol. The molecular formula is C21H24ClN3O4. The number of benzene rings is 2. The second kappa shape index (κ2) is 10.1. The number of aryl methyl sites for hydroxylation is 1. The second-order valence-corrected chi connectivity index (χ2v) is 7.33. The van der Waals surface area contributed by atoms with Crippen LogP contribution in [0.15, 0.2) is 48.5 Å². The molecule has 1 fully saturated rings. The molecule has 1 aliphatic rings. The molecule has 29 heavy (non-hydrogen) atoms. The fourth-order valence-electron chi connectivity index (χ4n) is 3.30. The number of nitro groups is 1. The van der Waals surface area contributed by atoms with E-state index in [2.05, 4.69) is 4.90 Å². The number of halogens is 1. The quantitative estimate of drug-likeness (QED) is 0.376. The van der Waals surface area contributed by atoms with Gasteiger partial charge in [-0.25, -0.2) is 4.79 Å². The zero-order chi connectivity index (χ0) is 20.6. The summed E-state index contributed by atoms with van der Waals surface area (Å²) in [5, 5.41) is 11.4. The van der Waals surface area contributed by atoms with Crippen LogP contribution in [0.25, 0.3) is 0 Å². The third kappa shape index (κ3) is 5.84. The van der Waals surface area contributed by atoms with E-state index in [4.69, 9.17) is 16.3 Å². The van der Waals surface area contributed by atoms with Crippen molar-refractivity contribution in [2.75, 3.05) is 37.7 Å². The van der Waals surface area contributed by atoms with Gasteiger partial charge < -0.3 is 14.5 Å². The van der Waals surface area contributed by atoms with Crippen LogP contribution in [0, 0.1) is 10.1 Å². The van der Waals surface area contributed by atoms with Crippen molar-refractivity contribution in [2.24, 2.45) is 0 Å². The van der Waals surface area contributed by atoms with Crippen LogP contribution in [0.2, 0.25) is 5.02 Å². The summed E-state index contributed by atoms with van der Waals surface area (Å²) < 4.78 is 5.39. The first-order valence-electron chi connectivity index (χ1n) is 9.69. The summed E-state index contributed by atoms with van der Waals surface area (Å²) in [4.78, 5) is 26.4. The average molecular weight is 418 g/mol. The maximum absolute atomic E-state index is 12.2. The van der Waals surface area contributed by atoms with E-state index in [1.165, 1.54) is 12.1 Å². The number of carbonyl (C=O) groups excluding carboxylic acids is 1. The van der Waals surface area contributed by atoms with Crippen molar-refractivity contribution in [1.29, 1.82) is 0 Å². The van der Waals surface area contributed by atoms with Gasteiger partial charge in [0.15, 0.2) is 0 Å². The Hall–Kier alpha value is -2.80. The number of rotatable bonds is 7. The number of amides is 1. The summed E-state index contributed by atoms with van der Waals surface area (Å²) in [6.07, 6.45) is 2.12. The molecule has 7 nitrogen and oxygen atoms in total. The summed E-state index contributed by atoms with van der Waals surface area (Å²) >= 11 is 6.24. The van der Waals surface area contributed by atoms with Crippen molar-refractivity contribution in [1.82, 2.24) is 4.90 Å². The molecule has 0 bridgehead atoms. The van der Waals surface area contributed by atoms with Crippen LogP contribution in [-0.4, -0.2) is 48.7 Å². The number of hydrogen-bond donors (Lipinski definition) is 0. The van der Waals surface area contributed by atoms with Crippen LogP contribution in [-0.2, 0) is 11.2 Å². The molecule has 0 aromatic heterocycles.